The maximum Gasteiger partial charge on any atom is 0.417 e. The normalized spacial score (nSPS) is 18.5. The van der Waals surface area contributed by atoms with Crippen molar-refractivity contribution >= 4 is 33.9 Å². The first-order valence-corrected chi connectivity index (χ1v) is 13.8. The van der Waals surface area contributed by atoms with Crippen molar-refractivity contribution in [3.63, 3.8) is 0 Å². The van der Waals surface area contributed by atoms with Gasteiger partial charge in [-0.1, -0.05) is 60.7 Å². The van der Waals surface area contributed by atoms with E-state index in [2.05, 4.69) is 15.9 Å². The number of rotatable bonds is 11. The number of amides is 2. The molecular weight excluding hydrogens is 566 g/mol. The molecule has 4 rings (SSSR count). The summed E-state index contributed by atoms with van der Waals surface area (Å²) in [7, 11) is 0. The minimum atomic E-state index is -1.09. The SMILES string of the molecule is CC(=O)OC(c1cc(Br)c(CCCCO)o1)C(Cc1ccccc1)C(=O)N1C(=O)OC(c2ccccc2)C1C. The second-order valence-electron chi connectivity index (χ2n) is 9.59. The molecular formula is C30H32BrNO7. The van der Waals surface area contributed by atoms with Crippen LogP contribution in [0, 0.1) is 5.92 Å². The fraction of sp³-hybridized carbons (Fsp3) is 0.367. The number of benzene rings is 2. The maximum absolute atomic E-state index is 14.2. The lowest BCUT2D eigenvalue weighted by atomic mass is 9.90. The molecule has 9 heteroatoms. The van der Waals surface area contributed by atoms with E-state index >= 15 is 0 Å². The van der Waals surface area contributed by atoms with Gasteiger partial charge in [-0.15, -0.1) is 0 Å². The number of carbonyl (C=O) groups excluding carboxylic acids is 3. The van der Waals surface area contributed by atoms with Crippen molar-refractivity contribution in [1.82, 2.24) is 4.90 Å². The van der Waals surface area contributed by atoms with Gasteiger partial charge in [0.15, 0.2) is 6.10 Å². The number of esters is 1. The third-order valence-corrected chi connectivity index (χ3v) is 7.45. The molecule has 0 radical (unpaired) electrons. The molecule has 1 aromatic heterocycles. The Balaban J connectivity index is 1.71. The Labute approximate surface area is 236 Å². The van der Waals surface area contributed by atoms with Crippen LogP contribution in [0.1, 0.15) is 61.5 Å². The zero-order chi connectivity index (χ0) is 27.9. The summed E-state index contributed by atoms with van der Waals surface area (Å²) in [5.41, 5.74) is 1.62. The number of hydrogen-bond acceptors (Lipinski definition) is 7. The highest BCUT2D eigenvalue weighted by atomic mass is 79.9. The lowest BCUT2D eigenvalue weighted by Crippen LogP contribution is -2.44. The van der Waals surface area contributed by atoms with Crippen molar-refractivity contribution in [1.29, 1.82) is 0 Å². The summed E-state index contributed by atoms with van der Waals surface area (Å²) in [5, 5.41) is 9.14. The van der Waals surface area contributed by atoms with Crippen molar-refractivity contribution in [3.05, 3.63) is 93.9 Å². The molecule has 1 aliphatic heterocycles. The van der Waals surface area contributed by atoms with Gasteiger partial charge in [0.1, 0.15) is 17.6 Å². The average molecular weight is 598 g/mol. The Morgan fingerprint density at radius 2 is 1.74 bits per heavy atom. The summed E-state index contributed by atoms with van der Waals surface area (Å²) < 4.78 is 18.2. The van der Waals surface area contributed by atoms with Gasteiger partial charge in [0.05, 0.1) is 16.4 Å². The van der Waals surface area contributed by atoms with Crippen molar-refractivity contribution < 1.29 is 33.4 Å². The molecule has 0 aliphatic carbocycles. The zero-order valence-corrected chi connectivity index (χ0v) is 23.5. The number of aliphatic hydroxyl groups is 1. The molecule has 1 N–H and O–H groups in total. The quantitative estimate of drug-likeness (QED) is 0.216. The molecule has 1 aliphatic rings. The van der Waals surface area contributed by atoms with E-state index in [-0.39, 0.29) is 13.0 Å². The lowest BCUT2D eigenvalue weighted by molar-refractivity contribution is -0.155. The molecule has 4 atom stereocenters. The molecule has 2 amide bonds. The Kier molecular flexibility index (Phi) is 9.59. The van der Waals surface area contributed by atoms with Gasteiger partial charge in [-0.25, -0.2) is 9.69 Å². The van der Waals surface area contributed by atoms with Crippen LogP contribution in [0.4, 0.5) is 4.79 Å². The van der Waals surface area contributed by atoms with E-state index in [1.165, 1.54) is 6.92 Å². The summed E-state index contributed by atoms with van der Waals surface area (Å²) >= 11 is 3.51. The van der Waals surface area contributed by atoms with E-state index < -0.39 is 42.1 Å². The summed E-state index contributed by atoms with van der Waals surface area (Å²) in [5.74, 6) is -1.15. The molecule has 2 aromatic carbocycles. The monoisotopic (exact) mass is 597 g/mol. The summed E-state index contributed by atoms with van der Waals surface area (Å²) in [4.78, 5) is 40.7. The molecule has 206 valence electrons. The van der Waals surface area contributed by atoms with Crippen LogP contribution in [0.25, 0.3) is 0 Å². The van der Waals surface area contributed by atoms with Crippen LogP contribution in [-0.2, 0) is 31.9 Å². The molecule has 1 saturated heterocycles. The number of nitrogens with zero attached hydrogens (tertiary/aromatic N) is 1. The van der Waals surface area contributed by atoms with Crippen LogP contribution in [0.2, 0.25) is 0 Å². The van der Waals surface area contributed by atoms with Crippen molar-refractivity contribution in [2.45, 2.75) is 57.8 Å². The number of hydrogen-bond donors (Lipinski definition) is 1. The largest absolute Gasteiger partial charge is 0.461 e. The van der Waals surface area contributed by atoms with Gasteiger partial charge in [0.25, 0.3) is 0 Å². The zero-order valence-electron chi connectivity index (χ0n) is 21.9. The number of unbranched alkanes of at least 4 members (excludes halogenated alkanes) is 1. The Morgan fingerprint density at radius 3 is 2.38 bits per heavy atom. The van der Waals surface area contributed by atoms with Crippen LogP contribution in [0.3, 0.4) is 0 Å². The number of halogens is 1. The van der Waals surface area contributed by atoms with Gasteiger partial charge in [0.2, 0.25) is 5.91 Å². The first kappa shape index (κ1) is 28.6. The van der Waals surface area contributed by atoms with Crippen LogP contribution < -0.4 is 0 Å². The number of aryl methyl sites for hydroxylation is 1. The van der Waals surface area contributed by atoms with Crippen LogP contribution in [-0.4, -0.2) is 40.6 Å². The van der Waals surface area contributed by atoms with Gasteiger partial charge in [-0.2, -0.15) is 0 Å². The average Bonchev–Trinajstić information content (AvgIpc) is 3.44. The smallest absolute Gasteiger partial charge is 0.417 e. The third-order valence-electron chi connectivity index (χ3n) is 6.78. The number of cyclic esters (lactones) is 1. The van der Waals surface area contributed by atoms with Gasteiger partial charge in [0, 0.05) is 20.0 Å². The first-order valence-electron chi connectivity index (χ1n) is 13.0. The van der Waals surface area contributed by atoms with E-state index in [1.807, 2.05) is 60.7 Å². The fourth-order valence-corrected chi connectivity index (χ4v) is 5.37. The van der Waals surface area contributed by atoms with Crippen molar-refractivity contribution in [3.8, 4) is 0 Å². The third kappa shape index (κ3) is 6.78. The highest BCUT2D eigenvalue weighted by Gasteiger charge is 2.48. The Hall–Kier alpha value is -3.43. The van der Waals surface area contributed by atoms with Crippen LogP contribution in [0.15, 0.2) is 75.6 Å². The second kappa shape index (κ2) is 13.1. The van der Waals surface area contributed by atoms with E-state index in [1.54, 1.807) is 13.0 Å². The van der Waals surface area contributed by atoms with Gasteiger partial charge >= 0.3 is 12.1 Å². The predicted molar refractivity (Wildman–Crippen MR) is 147 cm³/mol. The molecule has 8 nitrogen and oxygen atoms in total. The summed E-state index contributed by atoms with van der Waals surface area (Å²) in [6, 6.07) is 19.7. The van der Waals surface area contributed by atoms with Gasteiger partial charge < -0.3 is 19.0 Å². The number of imide groups is 1. The molecule has 3 aromatic rings. The van der Waals surface area contributed by atoms with Crippen LogP contribution >= 0.6 is 15.9 Å². The highest BCUT2D eigenvalue weighted by molar-refractivity contribution is 9.10. The number of carbonyl (C=O) groups is 3. The maximum atomic E-state index is 14.2. The first-order chi connectivity index (χ1) is 18.8. The molecule has 2 heterocycles. The summed E-state index contributed by atoms with van der Waals surface area (Å²) in [6.07, 6.45) is -0.391. The Bertz CT molecular complexity index is 1280. The van der Waals surface area contributed by atoms with Crippen LogP contribution in [0.5, 0.6) is 0 Å². The second-order valence-corrected chi connectivity index (χ2v) is 10.4. The van der Waals surface area contributed by atoms with E-state index in [4.69, 9.17) is 19.0 Å². The van der Waals surface area contributed by atoms with Crippen molar-refractivity contribution in [2.24, 2.45) is 5.92 Å². The minimum absolute atomic E-state index is 0.0724. The molecule has 0 spiro atoms. The van der Waals surface area contributed by atoms with Crippen molar-refractivity contribution in [2.75, 3.05) is 6.61 Å². The highest BCUT2D eigenvalue weighted by Crippen LogP contribution is 2.39. The molecule has 39 heavy (non-hydrogen) atoms. The predicted octanol–water partition coefficient (Wildman–Crippen LogP) is 5.93. The van der Waals surface area contributed by atoms with E-state index in [9.17, 15) is 14.4 Å². The molecule has 0 saturated carbocycles. The fourth-order valence-electron chi connectivity index (χ4n) is 4.87. The molecule has 0 bridgehead atoms. The number of ether oxygens (including phenoxy) is 2. The molecule has 1 fully saturated rings. The van der Waals surface area contributed by atoms with Gasteiger partial charge in [-0.3, -0.25) is 9.59 Å². The summed E-state index contributed by atoms with van der Waals surface area (Å²) in [6.45, 7) is 3.11. The van der Waals surface area contributed by atoms with E-state index in [0.717, 1.165) is 16.0 Å². The van der Waals surface area contributed by atoms with E-state index in [0.29, 0.717) is 35.3 Å². The number of aliphatic hydroxyl groups excluding tert-OH is 1. The molecule has 4 unspecified atom stereocenters. The standard InChI is InChI=1S/C30H32BrNO7/c1-19-27(22-13-7-4-8-14-22)39-30(36)32(19)29(35)23(17-21-11-5-3-6-12-21)28(37-20(2)34)26-18-24(31)25(38-26)15-9-10-16-33/h3-8,11-14,18-19,23,27-28,33H,9-10,15-17H2,1-2H3. The Morgan fingerprint density at radius 1 is 1.08 bits per heavy atom. The topological polar surface area (TPSA) is 106 Å². The lowest BCUT2D eigenvalue weighted by Gasteiger charge is -2.29. The number of furan rings is 1. The minimum Gasteiger partial charge on any atom is -0.461 e. The van der Waals surface area contributed by atoms with Gasteiger partial charge in [-0.05, 0) is 59.3 Å².